The number of furan rings is 2. The largest absolute Gasteiger partial charge is 0.456 e. The van der Waals surface area contributed by atoms with E-state index in [4.69, 9.17) is 18.8 Å². The first-order chi connectivity index (χ1) is 27.7. The lowest BCUT2D eigenvalue weighted by molar-refractivity contribution is 0.668. The molecule has 262 valence electrons. The molecule has 3 aromatic heterocycles. The molecule has 11 rings (SSSR count). The Kier molecular flexibility index (Phi) is 7.46. The minimum Gasteiger partial charge on any atom is -0.456 e. The van der Waals surface area contributed by atoms with Crippen LogP contribution in [0.15, 0.2) is 203 Å². The van der Waals surface area contributed by atoms with Gasteiger partial charge in [0.2, 0.25) is 0 Å². The zero-order valence-electron chi connectivity index (χ0n) is 30.2. The number of benzene rings is 8. The highest BCUT2D eigenvalue weighted by Crippen LogP contribution is 2.39. The molecule has 0 amide bonds. The maximum absolute atomic E-state index is 6.19. The van der Waals surface area contributed by atoms with Crippen LogP contribution in [0.5, 0.6) is 0 Å². The van der Waals surface area contributed by atoms with Crippen LogP contribution in [0.1, 0.15) is 0 Å². The van der Waals surface area contributed by atoms with Crippen molar-refractivity contribution < 1.29 is 8.83 Å². The molecule has 0 aliphatic rings. The second-order valence-electron chi connectivity index (χ2n) is 14.2. The number of rotatable bonds is 6. The number of aromatic nitrogens is 2. The van der Waals surface area contributed by atoms with Gasteiger partial charge in [0.1, 0.15) is 22.3 Å². The van der Waals surface area contributed by atoms with Gasteiger partial charge >= 0.3 is 0 Å². The number of nitrogens with zero attached hydrogens (tertiary/aromatic N) is 2. The molecular formula is C52H32N2O2. The SMILES string of the molecule is c1ccc(-c2cc(-c3ccc(-c4cc(-c5ccc6oc7ccccc7c6c5)cc(-c5ccc6oc7ccccc7c6c5)c4)cc3)nc(-c3ccccc3)n2)cc1. The molecule has 4 heteroatoms. The Bertz CT molecular complexity index is 3040. The fraction of sp³-hybridized carbons (Fsp3) is 0. The van der Waals surface area contributed by atoms with Crippen LogP contribution >= 0.6 is 0 Å². The van der Waals surface area contributed by atoms with Crippen molar-refractivity contribution in [3.63, 3.8) is 0 Å². The van der Waals surface area contributed by atoms with Crippen molar-refractivity contribution in [1.82, 2.24) is 9.97 Å². The zero-order chi connectivity index (χ0) is 37.0. The van der Waals surface area contributed by atoms with Gasteiger partial charge in [0, 0.05) is 38.2 Å². The Balaban J connectivity index is 1.05. The van der Waals surface area contributed by atoms with Crippen LogP contribution in [0.4, 0.5) is 0 Å². The third-order valence-electron chi connectivity index (χ3n) is 10.7. The topological polar surface area (TPSA) is 52.1 Å². The van der Waals surface area contributed by atoms with E-state index in [1.54, 1.807) is 0 Å². The van der Waals surface area contributed by atoms with Gasteiger partial charge < -0.3 is 8.83 Å². The van der Waals surface area contributed by atoms with Crippen LogP contribution in [-0.2, 0) is 0 Å². The van der Waals surface area contributed by atoms with Gasteiger partial charge in [-0.15, -0.1) is 0 Å². The fourth-order valence-electron chi connectivity index (χ4n) is 7.84. The van der Waals surface area contributed by atoms with Crippen molar-refractivity contribution in [2.45, 2.75) is 0 Å². The Morgan fingerprint density at radius 3 is 1.18 bits per heavy atom. The van der Waals surface area contributed by atoms with Crippen LogP contribution in [0.2, 0.25) is 0 Å². The summed E-state index contributed by atoms with van der Waals surface area (Å²) in [6.07, 6.45) is 0. The number of hydrogen-bond donors (Lipinski definition) is 0. The van der Waals surface area contributed by atoms with E-state index in [0.717, 1.165) is 105 Å². The van der Waals surface area contributed by atoms with Crippen LogP contribution in [0.25, 0.3) is 111 Å². The fourth-order valence-corrected chi connectivity index (χ4v) is 7.84. The third-order valence-corrected chi connectivity index (χ3v) is 10.7. The summed E-state index contributed by atoms with van der Waals surface area (Å²) in [5.41, 5.74) is 15.1. The van der Waals surface area contributed by atoms with Crippen molar-refractivity contribution in [3.8, 4) is 67.3 Å². The molecule has 0 N–H and O–H groups in total. The monoisotopic (exact) mass is 716 g/mol. The first-order valence-corrected chi connectivity index (χ1v) is 18.8. The Morgan fingerprint density at radius 1 is 0.250 bits per heavy atom. The van der Waals surface area contributed by atoms with E-state index in [2.05, 4.69) is 133 Å². The molecule has 11 aromatic rings. The minimum absolute atomic E-state index is 0.702. The molecule has 8 aromatic carbocycles. The van der Waals surface area contributed by atoms with Gasteiger partial charge in [0.25, 0.3) is 0 Å². The van der Waals surface area contributed by atoms with Gasteiger partial charge in [-0.25, -0.2) is 9.97 Å². The molecule has 0 atom stereocenters. The average molecular weight is 717 g/mol. The Hall–Kier alpha value is -7.56. The molecule has 0 saturated carbocycles. The quantitative estimate of drug-likeness (QED) is 0.172. The first kappa shape index (κ1) is 31.9. The lowest BCUT2D eigenvalue weighted by atomic mass is 9.92. The first-order valence-electron chi connectivity index (χ1n) is 18.8. The van der Waals surface area contributed by atoms with Crippen molar-refractivity contribution in [1.29, 1.82) is 0 Å². The predicted molar refractivity (Wildman–Crippen MR) is 229 cm³/mol. The predicted octanol–water partition coefficient (Wildman–Crippen LogP) is 14.3. The Labute approximate surface area is 323 Å². The molecular weight excluding hydrogens is 685 g/mol. The summed E-state index contributed by atoms with van der Waals surface area (Å²) in [6, 6.07) is 67.6. The number of hydrogen-bond acceptors (Lipinski definition) is 4. The summed E-state index contributed by atoms with van der Waals surface area (Å²) in [7, 11) is 0. The average Bonchev–Trinajstić information content (AvgIpc) is 3.84. The summed E-state index contributed by atoms with van der Waals surface area (Å²) in [5.74, 6) is 0.702. The van der Waals surface area contributed by atoms with E-state index in [1.165, 1.54) is 0 Å². The third kappa shape index (κ3) is 5.64. The van der Waals surface area contributed by atoms with Crippen LogP contribution in [0, 0.1) is 0 Å². The highest BCUT2D eigenvalue weighted by atomic mass is 16.3. The summed E-state index contributed by atoms with van der Waals surface area (Å²) >= 11 is 0. The molecule has 0 aliphatic carbocycles. The van der Waals surface area contributed by atoms with E-state index in [1.807, 2.05) is 60.7 Å². The standard InChI is InChI=1S/C52H32N2O2/c1-3-11-34(12-4-1)46-32-47(54-52(53-46)36-13-5-2-6-14-36)35-21-19-33(20-22-35)39-27-40(37-23-25-50-44(30-37)42-15-7-9-17-48(42)55-50)29-41(28-39)38-24-26-51-45(31-38)43-16-8-10-18-49(43)56-51/h1-32H. The normalized spacial score (nSPS) is 11.6. The van der Waals surface area contributed by atoms with E-state index in [-0.39, 0.29) is 0 Å². The van der Waals surface area contributed by atoms with Crippen molar-refractivity contribution in [3.05, 3.63) is 194 Å². The summed E-state index contributed by atoms with van der Waals surface area (Å²) in [4.78, 5) is 10.0. The number of para-hydroxylation sites is 2. The van der Waals surface area contributed by atoms with Crippen LogP contribution in [0.3, 0.4) is 0 Å². The van der Waals surface area contributed by atoms with E-state index >= 15 is 0 Å². The van der Waals surface area contributed by atoms with Gasteiger partial charge in [0.15, 0.2) is 5.82 Å². The maximum Gasteiger partial charge on any atom is 0.160 e. The summed E-state index contributed by atoms with van der Waals surface area (Å²) in [5, 5.41) is 4.44. The molecule has 0 saturated heterocycles. The van der Waals surface area contributed by atoms with Gasteiger partial charge in [-0.05, 0) is 94.0 Å². The van der Waals surface area contributed by atoms with Gasteiger partial charge in [0.05, 0.1) is 11.4 Å². The van der Waals surface area contributed by atoms with Gasteiger partial charge in [-0.3, -0.25) is 0 Å². The van der Waals surface area contributed by atoms with Gasteiger partial charge in [-0.1, -0.05) is 133 Å². The van der Waals surface area contributed by atoms with Crippen molar-refractivity contribution in [2.75, 3.05) is 0 Å². The van der Waals surface area contributed by atoms with Crippen molar-refractivity contribution >= 4 is 43.9 Å². The zero-order valence-corrected chi connectivity index (χ0v) is 30.2. The lowest BCUT2D eigenvalue weighted by Crippen LogP contribution is -1.95. The molecule has 0 bridgehead atoms. The second kappa shape index (κ2) is 13.1. The second-order valence-corrected chi connectivity index (χ2v) is 14.2. The molecule has 3 heterocycles. The molecule has 4 nitrogen and oxygen atoms in total. The van der Waals surface area contributed by atoms with E-state index in [9.17, 15) is 0 Å². The maximum atomic E-state index is 6.19. The molecule has 0 unspecified atom stereocenters. The smallest absolute Gasteiger partial charge is 0.160 e. The summed E-state index contributed by atoms with van der Waals surface area (Å²) < 4.78 is 12.4. The van der Waals surface area contributed by atoms with Gasteiger partial charge in [-0.2, -0.15) is 0 Å². The van der Waals surface area contributed by atoms with Crippen LogP contribution < -0.4 is 0 Å². The minimum atomic E-state index is 0.702. The summed E-state index contributed by atoms with van der Waals surface area (Å²) in [6.45, 7) is 0. The lowest BCUT2D eigenvalue weighted by Gasteiger charge is -2.13. The van der Waals surface area contributed by atoms with E-state index < -0.39 is 0 Å². The van der Waals surface area contributed by atoms with E-state index in [0.29, 0.717) is 5.82 Å². The molecule has 0 radical (unpaired) electrons. The molecule has 0 aliphatic heterocycles. The van der Waals surface area contributed by atoms with Crippen molar-refractivity contribution in [2.24, 2.45) is 0 Å². The Morgan fingerprint density at radius 2 is 0.643 bits per heavy atom. The highest BCUT2D eigenvalue weighted by molar-refractivity contribution is 6.07. The van der Waals surface area contributed by atoms with Crippen LogP contribution in [-0.4, -0.2) is 9.97 Å². The molecule has 56 heavy (non-hydrogen) atoms. The molecule has 0 spiro atoms. The molecule has 0 fully saturated rings. The number of fused-ring (bicyclic) bond motifs is 6. The highest BCUT2D eigenvalue weighted by Gasteiger charge is 2.15.